The number of ether oxygens (including phenoxy) is 1. The number of hydrogen-bond donors (Lipinski definition) is 0. The summed E-state index contributed by atoms with van der Waals surface area (Å²) in [6.07, 6.45) is 4.43. The minimum atomic E-state index is -0.0246. The van der Waals surface area contributed by atoms with E-state index < -0.39 is 0 Å². The second kappa shape index (κ2) is 6.55. The summed E-state index contributed by atoms with van der Waals surface area (Å²) in [5.74, 6) is 0.384. The molecule has 6 heteroatoms. The van der Waals surface area contributed by atoms with Crippen LogP contribution in [0.15, 0.2) is 48.9 Å². The van der Waals surface area contributed by atoms with E-state index in [4.69, 9.17) is 4.74 Å². The fraction of sp³-hybridized carbons (Fsp3) is 0.316. The molecule has 25 heavy (non-hydrogen) atoms. The van der Waals surface area contributed by atoms with Crippen molar-refractivity contribution in [3.05, 3.63) is 54.5 Å². The van der Waals surface area contributed by atoms with Gasteiger partial charge in [0.25, 0.3) is 5.91 Å². The van der Waals surface area contributed by atoms with Crippen LogP contribution in [0.25, 0.3) is 11.0 Å². The minimum absolute atomic E-state index is 0.0246. The highest BCUT2D eigenvalue weighted by atomic mass is 16.5. The molecule has 6 nitrogen and oxygen atoms in total. The van der Waals surface area contributed by atoms with E-state index >= 15 is 0 Å². The van der Waals surface area contributed by atoms with Gasteiger partial charge in [-0.15, -0.1) is 0 Å². The third kappa shape index (κ3) is 2.84. The summed E-state index contributed by atoms with van der Waals surface area (Å²) in [5.41, 5.74) is 2.62. The number of imidazole rings is 1. The smallest absolute Gasteiger partial charge is 0.259 e. The molecule has 1 amide bonds. The van der Waals surface area contributed by atoms with Crippen molar-refractivity contribution in [1.29, 1.82) is 0 Å². The number of pyridine rings is 1. The zero-order valence-electron chi connectivity index (χ0n) is 14.1. The lowest BCUT2D eigenvalue weighted by Gasteiger charge is -2.18. The monoisotopic (exact) mass is 336 g/mol. The van der Waals surface area contributed by atoms with Crippen molar-refractivity contribution >= 4 is 16.9 Å². The van der Waals surface area contributed by atoms with Crippen molar-refractivity contribution in [2.75, 3.05) is 19.7 Å². The minimum Gasteiger partial charge on any atom is -0.477 e. The fourth-order valence-corrected chi connectivity index (χ4v) is 3.40. The van der Waals surface area contributed by atoms with Gasteiger partial charge in [-0.1, -0.05) is 12.1 Å². The highest BCUT2D eigenvalue weighted by molar-refractivity contribution is 5.96. The molecule has 0 bridgehead atoms. The maximum Gasteiger partial charge on any atom is 0.259 e. The van der Waals surface area contributed by atoms with Crippen LogP contribution in [0.5, 0.6) is 5.88 Å². The molecule has 1 atom stereocenters. The van der Waals surface area contributed by atoms with Crippen LogP contribution < -0.4 is 4.74 Å². The lowest BCUT2D eigenvalue weighted by Crippen LogP contribution is -2.29. The number of likely N-dealkylation sites (tertiary alicyclic amines) is 1. The number of aromatic nitrogens is 3. The van der Waals surface area contributed by atoms with Gasteiger partial charge >= 0.3 is 0 Å². The first kappa shape index (κ1) is 15.6. The van der Waals surface area contributed by atoms with E-state index in [2.05, 4.69) is 20.6 Å². The van der Waals surface area contributed by atoms with Crippen LogP contribution in [0.2, 0.25) is 0 Å². The van der Waals surface area contributed by atoms with Crippen molar-refractivity contribution in [3.8, 4) is 5.88 Å². The largest absolute Gasteiger partial charge is 0.477 e. The van der Waals surface area contributed by atoms with Crippen molar-refractivity contribution in [2.45, 2.75) is 19.4 Å². The Balaban J connectivity index is 1.55. The molecule has 0 N–H and O–H groups in total. The third-order valence-electron chi connectivity index (χ3n) is 4.61. The van der Waals surface area contributed by atoms with E-state index in [1.54, 1.807) is 18.3 Å². The standard InChI is InChI=1S/C19H20N4O2/c1-2-25-18-15(6-5-10-20-18)19(24)22-11-9-14(12-22)23-13-21-16-7-3-4-8-17(16)23/h3-8,10,13-14H,2,9,11-12H2,1H3. The van der Waals surface area contributed by atoms with Crippen molar-refractivity contribution in [1.82, 2.24) is 19.4 Å². The average molecular weight is 336 g/mol. The topological polar surface area (TPSA) is 60.2 Å². The van der Waals surface area contributed by atoms with Gasteiger partial charge in [0.2, 0.25) is 5.88 Å². The molecule has 2 aromatic heterocycles. The highest BCUT2D eigenvalue weighted by Gasteiger charge is 2.30. The Kier molecular flexibility index (Phi) is 4.09. The van der Waals surface area contributed by atoms with Crippen molar-refractivity contribution in [2.24, 2.45) is 0 Å². The average Bonchev–Trinajstić information content (AvgIpc) is 3.29. The summed E-state index contributed by atoms with van der Waals surface area (Å²) in [5, 5.41) is 0. The van der Waals surface area contributed by atoms with Crippen LogP contribution in [-0.4, -0.2) is 45.0 Å². The van der Waals surface area contributed by atoms with Crippen LogP contribution in [0.1, 0.15) is 29.7 Å². The molecule has 128 valence electrons. The molecule has 1 aromatic carbocycles. The lowest BCUT2D eigenvalue weighted by molar-refractivity contribution is 0.0782. The molecule has 0 saturated carbocycles. The zero-order chi connectivity index (χ0) is 17.2. The molecule has 3 aromatic rings. The molecule has 4 rings (SSSR count). The lowest BCUT2D eigenvalue weighted by atomic mass is 10.2. The van der Waals surface area contributed by atoms with Crippen LogP contribution in [0.3, 0.4) is 0 Å². The molecule has 1 unspecified atom stereocenters. The van der Waals surface area contributed by atoms with Gasteiger partial charge < -0.3 is 14.2 Å². The molecular formula is C19H20N4O2. The predicted molar refractivity (Wildman–Crippen MR) is 94.7 cm³/mol. The fourth-order valence-electron chi connectivity index (χ4n) is 3.40. The van der Waals surface area contributed by atoms with E-state index in [-0.39, 0.29) is 11.9 Å². The van der Waals surface area contributed by atoms with E-state index in [1.807, 2.05) is 36.4 Å². The normalized spacial score (nSPS) is 17.2. The van der Waals surface area contributed by atoms with Crippen LogP contribution in [-0.2, 0) is 0 Å². The Labute approximate surface area is 146 Å². The van der Waals surface area contributed by atoms with E-state index in [0.29, 0.717) is 24.6 Å². The number of nitrogens with zero attached hydrogens (tertiary/aromatic N) is 4. The summed E-state index contributed by atoms with van der Waals surface area (Å²) >= 11 is 0. The van der Waals surface area contributed by atoms with Crippen LogP contribution >= 0.6 is 0 Å². The molecule has 1 aliphatic rings. The second-order valence-corrected chi connectivity index (χ2v) is 6.12. The van der Waals surface area contributed by atoms with Gasteiger partial charge in [-0.3, -0.25) is 4.79 Å². The Hall–Kier alpha value is -2.89. The summed E-state index contributed by atoms with van der Waals surface area (Å²) in [7, 11) is 0. The van der Waals surface area contributed by atoms with Gasteiger partial charge in [-0.2, -0.15) is 0 Å². The number of para-hydroxylation sites is 2. The van der Waals surface area contributed by atoms with Crippen molar-refractivity contribution in [3.63, 3.8) is 0 Å². The number of amides is 1. The summed E-state index contributed by atoms with van der Waals surface area (Å²) < 4.78 is 7.68. The molecule has 0 spiro atoms. The predicted octanol–water partition coefficient (Wildman–Crippen LogP) is 2.92. The first-order valence-corrected chi connectivity index (χ1v) is 8.56. The maximum atomic E-state index is 12.9. The molecule has 0 aliphatic carbocycles. The van der Waals surface area contributed by atoms with E-state index in [0.717, 1.165) is 24.0 Å². The van der Waals surface area contributed by atoms with Gasteiger partial charge in [-0.05, 0) is 37.6 Å². The molecule has 1 aliphatic heterocycles. The third-order valence-corrected chi connectivity index (χ3v) is 4.61. The van der Waals surface area contributed by atoms with Crippen LogP contribution in [0, 0.1) is 0 Å². The van der Waals surface area contributed by atoms with E-state index in [1.165, 1.54) is 0 Å². The number of carbonyl (C=O) groups is 1. The summed E-state index contributed by atoms with van der Waals surface area (Å²) in [6, 6.07) is 11.9. The first-order chi connectivity index (χ1) is 12.3. The van der Waals surface area contributed by atoms with Crippen molar-refractivity contribution < 1.29 is 9.53 Å². The number of fused-ring (bicyclic) bond motifs is 1. The number of hydrogen-bond acceptors (Lipinski definition) is 4. The molecule has 1 fully saturated rings. The SMILES string of the molecule is CCOc1ncccc1C(=O)N1CCC(n2cnc3ccccc32)C1. The first-order valence-electron chi connectivity index (χ1n) is 8.56. The van der Waals surface area contributed by atoms with Gasteiger partial charge in [0.05, 0.1) is 30.0 Å². The molecule has 0 radical (unpaired) electrons. The van der Waals surface area contributed by atoms with Gasteiger partial charge in [0.15, 0.2) is 0 Å². The summed E-state index contributed by atoms with van der Waals surface area (Å²) in [4.78, 5) is 23.4. The number of rotatable bonds is 4. The highest BCUT2D eigenvalue weighted by Crippen LogP contribution is 2.28. The number of benzene rings is 1. The maximum absolute atomic E-state index is 12.9. The Bertz CT molecular complexity index is 905. The van der Waals surface area contributed by atoms with Gasteiger partial charge in [0, 0.05) is 19.3 Å². The molecular weight excluding hydrogens is 316 g/mol. The summed E-state index contributed by atoms with van der Waals surface area (Å²) in [6.45, 7) is 3.76. The second-order valence-electron chi connectivity index (χ2n) is 6.12. The Morgan fingerprint density at radius 3 is 3.00 bits per heavy atom. The Morgan fingerprint density at radius 2 is 2.12 bits per heavy atom. The van der Waals surface area contributed by atoms with Crippen LogP contribution in [0.4, 0.5) is 0 Å². The van der Waals surface area contributed by atoms with Gasteiger partial charge in [-0.25, -0.2) is 9.97 Å². The van der Waals surface area contributed by atoms with E-state index in [9.17, 15) is 4.79 Å². The molecule has 3 heterocycles. The quantitative estimate of drug-likeness (QED) is 0.735. The Morgan fingerprint density at radius 1 is 1.24 bits per heavy atom. The zero-order valence-corrected chi connectivity index (χ0v) is 14.1. The van der Waals surface area contributed by atoms with Gasteiger partial charge in [0.1, 0.15) is 5.56 Å². The number of carbonyl (C=O) groups excluding carboxylic acids is 1. The molecule has 1 saturated heterocycles.